The Balaban J connectivity index is 2.15. The Kier molecular flexibility index (Phi) is 3.82. The van der Waals surface area contributed by atoms with Crippen molar-refractivity contribution in [3.63, 3.8) is 0 Å². The van der Waals surface area contributed by atoms with Crippen molar-refractivity contribution >= 4 is 11.9 Å². The number of nitrogens with zero attached hydrogens (tertiary/aromatic N) is 2. The summed E-state index contributed by atoms with van der Waals surface area (Å²) in [5, 5.41) is 22.1. The molecule has 0 radical (unpaired) electrons. The zero-order valence-electron chi connectivity index (χ0n) is 10.3. The third kappa shape index (κ3) is 2.74. The van der Waals surface area contributed by atoms with Crippen molar-refractivity contribution in [2.45, 2.75) is 25.2 Å². The van der Waals surface area contributed by atoms with Crippen LogP contribution in [0.25, 0.3) is 0 Å². The summed E-state index contributed by atoms with van der Waals surface area (Å²) in [6.45, 7) is 0.146. The number of β-amino-alcohol motifs (C(OH)–C–C–N with tert-alkyl or cyclic N) is 1. The summed E-state index contributed by atoms with van der Waals surface area (Å²) < 4.78 is 9.71. The second-order valence-corrected chi connectivity index (χ2v) is 4.31. The average Bonchev–Trinajstić information content (AvgIpc) is 2.95. The number of carboxylic acids is 1. The number of rotatable bonds is 4. The molecule has 1 fully saturated rings. The molecule has 19 heavy (non-hydrogen) atoms. The number of aliphatic hydroxyl groups excluding tert-OH is 1. The molecule has 1 aliphatic heterocycles. The van der Waals surface area contributed by atoms with E-state index in [4.69, 9.17) is 14.4 Å². The van der Waals surface area contributed by atoms with Gasteiger partial charge in [-0.15, -0.1) is 0 Å². The van der Waals surface area contributed by atoms with Crippen molar-refractivity contribution in [3.05, 3.63) is 17.5 Å². The number of carbonyl (C=O) groups excluding carboxylic acids is 1. The van der Waals surface area contributed by atoms with Gasteiger partial charge in [0.2, 0.25) is 0 Å². The number of aliphatic carboxylic acids is 1. The lowest BCUT2D eigenvalue weighted by atomic mass is 10.2. The van der Waals surface area contributed by atoms with Crippen LogP contribution in [0.15, 0.2) is 10.6 Å². The van der Waals surface area contributed by atoms with Gasteiger partial charge in [0.05, 0.1) is 6.10 Å². The van der Waals surface area contributed by atoms with Crippen LogP contribution in [-0.2, 0) is 16.1 Å². The normalized spacial score (nSPS) is 22.7. The van der Waals surface area contributed by atoms with Crippen molar-refractivity contribution in [3.8, 4) is 0 Å². The number of ether oxygens (including phenoxy) is 1. The van der Waals surface area contributed by atoms with Crippen LogP contribution < -0.4 is 0 Å². The van der Waals surface area contributed by atoms with Gasteiger partial charge in [-0.3, -0.25) is 4.79 Å². The van der Waals surface area contributed by atoms with Gasteiger partial charge in [0.1, 0.15) is 12.6 Å². The van der Waals surface area contributed by atoms with Gasteiger partial charge in [-0.2, -0.15) is 0 Å². The van der Waals surface area contributed by atoms with Crippen LogP contribution in [0.1, 0.15) is 22.7 Å². The van der Waals surface area contributed by atoms with E-state index in [1.54, 1.807) is 0 Å². The number of aliphatic hydroxyl groups is 1. The van der Waals surface area contributed by atoms with Crippen LogP contribution in [-0.4, -0.2) is 57.9 Å². The molecule has 0 unspecified atom stereocenters. The highest BCUT2D eigenvalue weighted by Crippen LogP contribution is 2.21. The van der Waals surface area contributed by atoms with Crippen LogP contribution in [0.2, 0.25) is 0 Å². The Morgan fingerprint density at radius 2 is 2.37 bits per heavy atom. The molecule has 104 valence electrons. The van der Waals surface area contributed by atoms with E-state index in [0.29, 0.717) is 5.76 Å². The molecule has 8 heteroatoms. The number of hydrogen-bond acceptors (Lipinski definition) is 6. The Labute approximate surface area is 108 Å². The van der Waals surface area contributed by atoms with E-state index in [1.807, 2.05) is 0 Å². The van der Waals surface area contributed by atoms with Crippen molar-refractivity contribution in [1.29, 1.82) is 0 Å². The topological polar surface area (TPSA) is 113 Å². The molecule has 0 saturated carbocycles. The van der Waals surface area contributed by atoms with E-state index in [2.05, 4.69) is 5.16 Å². The smallest absolute Gasteiger partial charge is 0.326 e. The molecule has 2 atom stereocenters. The van der Waals surface area contributed by atoms with Gasteiger partial charge in [-0.25, -0.2) is 4.79 Å². The molecule has 0 aromatic carbocycles. The van der Waals surface area contributed by atoms with Gasteiger partial charge in [0.25, 0.3) is 5.91 Å². The summed E-state index contributed by atoms with van der Waals surface area (Å²) in [6, 6.07) is 0.361. The molecule has 0 spiro atoms. The summed E-state index contributed by atoms with van der Waals surface area (Å²) in [5.41, 5.74) is 0.00685. The second-order valence-electron chi connectivity index (χ2n) is 4.31. The fraction of sp³-hybridized carbons (Fsp3) is 0.545. The Morgan fingerprint density at radius 1 is 1.63 bits per heavy atom. The largest absolute Gasteiger partial charge is 0.480 e. The van der Waals surface area contributed by atoms with Gasteiger partial charge < -0.3 is 24.4 Å². The molecule has 1 aliphatic rings. The minimum absolute atomic E-state index is 0.00685. The maximum Gasteiger partial charge on any atom is 0.326 e. The monoisotopic (exact) mass is 270 g/mol. The van der Waals surface area contributed by atoms with Crippen LogP contribution in [0, 0.1) is 0 Å². The highest BCUT2D eigenvalue weighted by molar-refractivity contribution is 5.95. The molecule has 2 heterocycles. The molecular formula is C11H14N2O6. The first-order valence-corrected chi connectivity index (χ1v) is 5.69. The van der Waals surface area contributed by atoms with Crippen LogP contribution in [0.5, 0.6) is 0 Å². The summed E-state index contributed by atoms with van der Waals surface area (Å²) in [4.78, 5) is 24.2. The number of hydrogen-bond donors (Lipinski definition) is 2. The first-order chi connectivity index (χ1) is 9.02. The Hall–Kier alpha value is -1.93. The van der Waals surface area contributed by atoms with Gasteiger partial charge in [0, 0.05) is 26.1 Å². The third-order valence-electron chi connectivity index (χ3n) is 2.89. The summed E-state index contributed by atoms with van der Waals surface area (Å²) >= 11 is 0. The Bertz CT molecular complexity index is 485. The van der Waals surface area contributed by atoms with Gasteiger partial charge >= 0.3 is 5.97 Å². The fourth-order valence-corrected chi connectivity index (χ4v) is 2.04. The van der Waals surface area contributed by atoms with E-state index >= 15 is 0 Å². The first-order valence-electron chi connectivity index (χ1n) is 5.69. The number of carboxylic acid groups (broad SMARTS) is 1. The first kappa shape index (κ1) is 13.5. The van der Waals surface area contributed by atoms with Crippen LogP contribution in [0.3, 0.4) is 0 Å². The third-order valence-corrected chi connectivity index (χ3v) is 2.89. The molecule has 1 amide bonds. The van der Waals surface area contributed by atoms with Gasteiger partial charge in [-0.05, 0) is 0 Å². The van der Waals surface area contributed by atoms with E-state index in [-0.39, 0.29) is 25.3 Å². The summed E-state index contributed by atoms with van der Waals surface area (Å²) in [7, 11) is 1.47. The molecular weight excluding hydrogens is 256 g/mol. The quantitative estimate of drug-likeness (QED) is 0.756. The highest BCUT2D eigenvalue weighted by Gasteiger charge is 2.40. The summed E-state index contributed by atoms with van der Waals surface area (Å²) in [6.07, 6.45) is -0.820. The zero-order valence-corrected chi connectivity index (χ0v) is 10.3. The molecule has 0 bridgehead atoms. The average molecular weight is 270 g/mol. The lowest BCUT2D eigenvalue weighted by molar-refractivity contribution is -0.141. The van der Waals surface area contributed by atoms with Crippen LogP contribution >= 0.6 is 0 Å². The van der Waals surface area contributed by atoms with Crippen molar-refractivity contribution in [1.82, 2.24) is 10.1 Å². The van der Waals surface area contributed by atoms with Crippen molar-refractivity contribution < 1.29 is 29.1 Å². The zero-order chi connectivity index (χ0) is 14.0. The number of methoxy groups -OCH3 is 1. The Morgan fingerprint density at radius 3 is 3.00 bits per heavy atom. The summed E-state index contributed by atoms with van der Waals surface area (Å²) in [5.74, 6) is -1.35. The van der Waals surface area contributed by atoms with E-state index < -0.39 is 24.0 Å². The molecule has 2 rings (SSSR count). The molecule has 1 saturated heterocycles. The maximum absolute atomic E-state index is 12.1. The maximum atomic E-state index is 12.1. The fourth-order valence-electron chi connectivity index (χ4n) is 2.04. The SMILES string of the molecule is COCc1cc(C(=O)N2C[C@H](O)C[C@@H]2C(=O)O)no1. The predicted octanol–water partition coefficient (Wildman–Crippen LogP) is -0.519. The lowest BCUT2D eigenvalue weighted by Crippen LogP contribution is -2.40. The van der Waals surface area contributed by atoms with Crippen molar-refractivity contribution in [2.24, 2.45) is 0 Å². The number of likely N-dealkylation sites (tertiary alicyclic amines) is 1. The van der Waals surface area contributed by atoms with Gasteiger partial charge in [-0.1, -0.05) is 5.16 Å². The van der Waals surface area contributed by atoms with E-state index in [1.165, 1.54) is 13.2 Å². The minimum atomic E-state index is -1.15. The number of carbonyl (C=O) groups is 2. The second kappa shape index (κ2) is 5.37. The minimum Gasteiger partial charge on any atom is -0.480 e. The number of amides is 1. The molecule has 8 nitrogen and oxygen atoms in total. The number of aromatic nitrogens is 1. The van der Waals surface area contributed by atoms with E-state index in [9.17, 15) is 14.7 Å². The standard InChI is InChI=1S/C11H14N2O6/c1-18-5-7-3-8(12-19-7)10(15)13-4-6(14)2-9(13)11(16)17/h3,6,9,14H,2,4-5H2,1H3,(H,16,17)/t6-,9-/m1/s1. The van der Waals surface area contributed by atoms with E-state index in [0.717, 1.165) is 4.90 Å². The molecule has 0 aliphatic carbocycles. The van der Waals surface area contributed by atoms with Crippen molar-refractivity contribution in [2.75, 3.05) is 13.7 Å². The highest BCUT2D eigenvalue weighted by atomic mass is 16.5. The van der Waals surface area contributed by atoms with Gasteiger partial charge in [0.15, 0.2) is 11.5 Å². The predicted molar refractivity (Wildman–Crippen MR) is 60.3 cm³/mol. The molecule has 2 N–H and O–H groups in total. The molecule has 1 aromatic rings. The molecule has 1 aromatic heterocycles. The van der Waals surface area contributed by atoms with Crippen LogP contribution in [0.4, 0.5) is 0 Å². The lowest BCUT2D eigenvalue weighted by Gasteiger charge is -2.19.